The highest BCUT2D eigenvalue weighted by molar-refractivity contribution is 7.92. The zero-order chi connectivity index (χ0) is 34.9. The van der Waals surface area contributed by atoms with Crippen molar-refractivity contribution in [3.63, 3.8) is 0 Å². The van der Waals surface area contributed by atoms with Crippen LogP contribution in [0, 0.1) is 19.7 Å². The fourth-order valence-corrected chi connectivity index (χ4v) is 7.72. The molecule has 2 aliphatic rings. The highest BCUT2D eigenvalue weighted by Crippen LogP contribution is 2.39. The van der Waals surface area contributed by atoms with Crippen molar-refractivity contribution in [2.24, 2.45) is 7.05 Å². The summed E-state index contributed by atoms with van der Waals surface area (Å²) in [5.74, 6) is -4.20. The van der Waals surface area contributed by atoms with Crippen LogP contribution in [0.2, 0.25) is 0 Å². The first-order valence-electron chi connectivity index (χ1n) is 15.1. The van der Waals surface area contributed by atoms with E-state index in [1.807, 2.05) is 32.0 Å². The lowest BCUT2D eigenvalue weighted by molar-refractivity contribution is -0.134. The molecule has 3 aromatic carbocycles. The fraction of sp³-hybridized carbons (Fsp3) is 0.250. The molecule has 0 saturated carbocycles. The minimum Gasteiger partial charge on any atom is -0.506 e. The Labute approximate surface area is 277 Å². The number of hydrogen-bond acceptors (Lipinski definition) is 9. The third kappa shape index (κ3) is 5.41. The summed E-state index contributed by atoms with van der Waals surface area (Å²) in [5.41, 5.74) is 4.11. The van der Waals surface area contributed by atoms with Crippen LogP contribution in [0.3, 0.4) is 0 Å². The number of carbonyl (C=O) groups excluding carboxylic acids is 4. The van der Waals surface area contributed by atoms with E-state index in [-0.39, 0.29) is 35.6 Å². The van der Waals surface area contributed by atoms with Crippen LogP contribution in [-0.4, -0.2) is 63.3 Å². The van der Waals surface area contributed by atoms with Gasteiger partial charge in [0.15, 0.2) is 5.82 Å². The summed E-state index contributed by atoms with van der Waals surface area (Å²) in [6.07, 6.45) is 0.633. The quantitative estimate of drug-likeness (QED) is 0.194. The van der Waals surface area contributed by atoms with Gasteiger partial charge < -0.3 is 10.4 Å². The van der Waals surface area contributed by atoms with Crippen LogP contribution in [0.25, 0.3) is 32.8 Å². The van der Waals surface area contributed by atoms with E-state index < -0.39 is 51.7 Å². The van der Waals surface area contributed by atoms with Crippen LogP contribution in [0.1, 0.15) is 35.8 Å². The summed E-state index contributed by atoms with van der Waals surface area (Å²) in [6, 6.07) is 11.1. The van der Waals surface area contributed by atoms with Gasteiger partial charge in [0.25, 0.3) is 5.91 Å². The number of phenolic OH excluding ortho intramolecular Hbond substituents is 1. The Morgan fingerprint density at radius 2 is 1.82 bits per heavy atom. The van der Waals surface area contributed by atoms with Gasteiger partial charge in [-0.3, -0.25) is 33.9 Å². The number of imide groups is 1. The van der Waals surface area contributed by atoms with E-state index in [0.29, 0.717) is 27.8 Å². The number of benzene rings is 3. The Bertz CT molecular complexity index is 2400. The largest absolute Gasteiger partial charge is 0.506 e. The second-order valence-electron chi connectivity index (χ2n) is 12.0. The maximum Gasteiger partial charge on any atom is 0.326 e. The molecule has 4 N–H and O–H groups in total. The standard InChI is InChI=1S/C32H29FN8O7S/c1-15-28(17-4-6-21-23(11-17)39(3)37-30(21)22-8-9-25(43)35-32(22)46)16(2)40(36-15)13-26(44)34-19-5-7-20-18(10-19)12-24(42)31(29(20)33)41-14-27(45)38-49(41,47)48/h4-7,10-12,22,42H,8-9,13-14H2,1-3H3,(H,34,44)(H,38,45)(H,35,43,46). The summed E-state index contributed by atoms with van der Waals surface area (Å²) in [5, 5.41) is 25.8. The van der Waals surface area contributed by atoms with Crippen LogP contribution >= 0.6 is 0 Å². The SMILES string of the molecule is Cc1nn(CC(=O)Nc2ccc3c(F)c(N4CC(=O)NS4(=O)=O)c(O)cc3c2)c(C)c1-c1ccc2c(C3CCC(=O)NC3=O)nn(C)c2c1. The topological polar surface area (TPSA) is 198 Å². The first kappa shape index (κ1) is 31.7. The molecule has 0 aliphatic carbocycles. The molecule has 2 aromatic heterocycles. The van der Waals surface area contributed by atoms with E-state index in [1.54, 1.807) is 21.1 Å². The number of nitrogens with one attached hydrogen (secondary N) is 3. The maximum absolute atomic E-state index is 15.4. The minimum atomic E-state index is -4.36. The second kappa shape index (κ2) is 11.4. The average Bonchev–Trinajstić information content (AvgIpc) is 3.60. The van der Waals surface area contributed by atoms with Crippen molar-refractivity contribution in [1.82, 2.24) is 29.6 Å². The van der Waals surface area contributed by atoms with Crippen LogP contribution in [-0.2, 0) is 43.0 Å². The molecule has 7 rings (SSSR count). The number of amides is 4. The molecule has 0 spiro atoms. The molecule has 49 heavy (non-hydrogen) atoms. The van der Waals surface area contributed by atoms with Crippen molar-refractivity contribution in [2.75, 3.05) is 16.2 Å². The summed E-state index contributed by atoms with van der Waals surface area (Å²) in [7, 11) is -2.57. The van der Waals surface area contributed by atoms with Crippen molar-refractivity contribution in [3.8, 4) is 16.9 Å². The summed E-state index contributed by atoms with van der Waals surface area (Å²) < 4.78 is 45.4. The van der Waals surface area contributed by atoms with E-state index >= 15 is 4.39 Å². The molecule has 0 radical (unpaired) electrons. The molecule has 4 amide bonds. The highest BCUT2D eigenvalue weighted by atomic mass is 32.2. The molecule has 2 aliphatic heterocycles. The van der Waals surface area contributed by atoms with Crippen LogP contribution in [0.5, 0.6) is 5.75 Å². The number of anilines is 2. The number of carbonyl (C=O) groups is 4. The van der Waals surface area contributed by atoms with Gasteiger partial charge in [-0.15, -0.1) is 0 Å². The number of aromatic nitrogens is 4. The zero-order valence-electron chi connectivity index (χ0n) is 26.4. The predicted octanol–water partition coefficient (Wildman–Crippen LogP) is 2.39. The molecule has 2 saturated heterocycles. The van der Waals surface area contributed by atoms with Gasteiger partial charge >= 0.3 is 10.2 Å². The van der Waals surface area contributed by atoms with E-state index in [2.05, 4.69) is 20.8 Å². The Balaban J connectivity index is 1.11. The zero-order valence-corrected chi connectivity index (χ0v) is 27.2. The summed E-state index contributed by atoms with van der Waals surface area (Å²) >= 11 is 0. The van der Waals surface area contributed by atoms with Crippen molar-refractivity contribution in [1.29, 1.82) is 0 Å². The molecule has 17 heteroatoms. The van der Waals surface area contributed by atoms with E-state index in [4.69, 9.17) is 0 Å². The summed E-state index contributed by atoms with van der Waals surface area (Å²) in [4.78, 5) is 49.0. The Morgan fingerprint density at radius 3 is 2.53 bits per heavy atom. The van der Waals surface area contributed by atoms with Crippen LogP contribution < -0.4 is 19.7 Å². The van der Waals surface area contributed by atoms with Crippen molar-refractivity contribution in [3.05, 3.63) is 65.4 Å². The van der Waals surface area contributed by atoms with E-state index in [1.165, 1.54) is 18.2 Å². The third-order valence-corrected chi connectivity index (χ3v) is 10.2. The number of aromatic hydroxyl groups is 1. The Kier molecular flexibility index (Phi) is 7.38. The first-order chi connectivity index (χ1) is 23.2. The second-order valence-corrected chi connectivity index (χ2v) is 13.6. The molecular formula is C32H29FN8O7S. The maximum atomic E-state index is 15.4. The van der Waals surface area contributed by atoms with E-state index in [9.17, 15) is 32.7 Å². The number of nitrogens with zero attached hydrogens (tertiary/aromatic N) is 5. The molecule has 2 fully saturated rings. The average molecular weight is 689 g/mol. The molecule has 15 nitrogen and oxygen atoms in total. The number of aryl methyl sites for hydroxylation is 2. The van der Waals surface area contributed by atoms with E-state index in [0.717, 1.165) is 33.8 Å². The third-order valence-electron chi connectivity index (χ3n) is 8.80. The molecular weight excluding hydrogens is 659 g/mol. The lowest BCUT2D eigenvalue weighted by Gasteiger charge is -2.19. The smallest absolute Gasteiger partial charge is 0.326 e. The molecule has 4 heterocycles. The number of hydrogen-bond donors (Lipinski definition) is 4. The predicted molar refractivity (Wildman–Crippen MR) is 175 cm³/mol. The highest BCUT2D eigenvalue weighted by Gasteiger charge is 2.38. The molecule has 1 atom stereocenters. The van der Waals surface area contributed by atoms with Gasteiger partial charge in [0.1, 0.15) is 24.5 Å². The number of rotatable bonds is 6. The van der Waals surface area contributed by atoms with Gasteiger partial charge in [-0.05, 0) is 61.5 Å². The number of halogens is 1. The van der Waals surface area contributed by atoms with Gasteiger partial charge in [0, 0.05) is 41.2 Å². The van der Waals surface area contributed by atoms with Gasteiger partial charge in [-0.25, -0.2) is 13.4 Å². The lowest BCUT2D eigenvalue weighted by Crippen LogP contribution is -2.39. The van der Waals surface area contributed by atoms with Crippen molar-refractivity contribution >= 4 is 66.9 Å². The molecule has 5 aromatic rings. The van der Waals surface area contributed by atoms with Gasteiger partial charge in [-0.1, -0.05) is 12.1 Å². The molecule has 252 valence electrons. The summed E-state index contributed by atoms with van der Waals surface area (Å²) in [6.45, 7) is 2.85. The Morgan fingerprint density at radius 1 is 1.06 bits per heavy atom. The minimum absolute atomic E-state index is 0.0295. The van der Waals surface area contributed by atoms with Gasteiger partial charge in [0.2, 0.25) is 17.7 Å². The lowest BCUT2D eigenvalue weighted by atomic mass is 9.92. The fourth-order valence-electron chi connectivity index (χ4n) is 6.56. The normalized spacial score (nSPS) is 17.5. The van der Waals surface area contributed by atoms with Crippen molar-refractivity contribution < 1.29 is 37.1 Å². The molecule has 0 bridgehead atoms. The molecule has 1 unspecified atom stereocenters. The van der Waals surface area contributed by atoms with Crippen LogP contribution in [0.15, 0.2) is 42.5 Å². The monoisotopic (exact) mass is 688 g/mol. The van der Waals surface area contributed by atoms with Crippen LogP contribution in [0.4, 0.5) is 15.8 Å². The van der Waals surface area contributed by atoms with Gasteiger partial charge in [0.05, 0.1) is 22.8 Å². The Hall–Kier alpha value is -5.84. The number of phenols is 1. The first-order valence-corrected chi connectivity index (χ1v) is 16.6. The number of piperidine rings is 1. The van der Waals surface area contributed by atoms with Gasteiger partial charge in [-0.2, -0.15) is 18.6 Å². The number of fused-ring (bicyclic) bond motifs is 2. The van der Waals surface area contributed by atoms with Crippen molar-refractivity contribution in [2.45, 2.75) is 39.2 Å².